The Bertz CT molecular complexity index is 674. The van der Waals surface area contributed by atoms with Crippen molar-refractivity contribution in [3.05, 3.63) is 29.8 Å². The first kappa shape index (κ1) is 18.5. The Hall–Kier alpha value is -1.88. The van der Waals surface area contributed by atoms with Gasteiger partial charge in [0.15, 0.2) is 0 Å². The van der Waals surface area contributed by atoms with Gasteiger partial charge in [-0.1, -0.05) is 31.0 Å². The van der Waals surface area contributed by atoms with Crippen molar-refractivity contribution in [1.82, 2.24) is 9.80 Å². The van der Waals surface area contributed by atoms with E-state index in [4.69, 9.17) is 0 Å². The number of hydrogen-bond donors (Lipinski definition) is 0. The lowest BCUT2D eigenvalue weighted by atomic mass is 9.95. The van der Waals surface area contributed by atoms with Crippen LogP contribution in [0.5, 0.6) is 0 Å². The predicted octanol–water partition coefficient (Wildman–Crippen LogP) is 2.69. The number of para-hydroxylation sites is 1. The van der Waals surface area contributed by atoms with Gasteiger partial charge in [0.2, 0.25) is 11.8 Å². The van der Waals surface area contributed by atoms with E-state index in [-0.39, 0.29) is 11.8 Å². The summed E-state index contributed by atoms with van der Waals surface area (Å²) in [6, 6.07) is 8.21. The molecular formula is C22H31N3O2. The van der Waals surface area contributed by atoms with E-state index in [0.717, 1.165) is 70.5 Å². The first-order chi connectivity index (χ1) is 13.2. The molecule has 0 saturated carbocycles. The number of benzene rings is 1. The average Bonchev–Trinajstić information content (AvgIpc) is 2.94. The predicted molar refractivity (Wildman–Crippen MR) is 107 cm³/mol. The normalized spacial score (nSPS) is 21.8. The summed E-state index contributed by atoms with van der Waals surface area (Å²) < 4.78 is 0. The molecule has 0 unspecified atom stereocenters. The highest BCUT2D eigenvalue weighted by Crippen LogP contribution is 2.28. The summed E-state index contributed by atoms with van der Waals surface area (Å²) in [4.78, 5) is 31.9. The second-order valence-corrected chi connectivity index (χ2v) is 8.21. The van der Waals surface area contributed by atoms with E-state index in [1.807, 2.05) is 23.1 Å². The summed E-state index contributed by atoms with van der Waals surface area (Å²) in [5.74, 6) is 0.704. The van der Waals surface area contributed by atoms with Gasteiger partial charge in [0.25, 0.3) is 0 Å². The molecular weight excluding hydrogens is 338 g/mol. The highest BCUT2D eigenvalue weighted by molar-refractivity contribution is 5.96. The summed E-state index contributed by atoms with van der Waals surface area (Å²) >= 11 is 0. The second-order valence-electron chi connectivity index (χ2n) is 8.21. The van der Waals surface area contributed by atoms with Crippen LogP contribution in [0.4, 0.5) is 5.69 Å². The third-order valence-corrected chi connectivity index (χ3v) is 6.40. The Balaban J connectivity index is 1.27. The molecule has 2 saturated heterocycles. The molecule has 5 heteroatoms. The average molecular weight is 370 g/mol. The minimum absolute atomic E-state index is 0.155. The van der Waals surface area contributed by atoms with Crippen LogP contribution in [-0.4, -0.2) is 60.9 Å². The molecule has 27 heavy (non-hydrogen) atoms. The molecule has 0 N–H and O–H groups in total. The van der Waals surface area contributed by atoms with Crippen molar-refractivity contribution in [1.29, 1.82) is 0 Å². The van der Waals surface area contributed by atoms with Crippen molar-refractivity contribution in [3.8, 4) is 0 Å². The zero-order valence-electron chi connectivity index (χ0n) is 16.2. The van der Waals surface area contributed by atoms with E-state index in [1.54, 1.807) is 0 Å². The van der Waals surface area contributed by atoms with Crippen molar-refractivity contribution in [2.24, 2.45) is 5.92 Å². The van der Waals surface area contributed by atoms with E-state index in [2.05, 4.69) is 15.9 Å². The molecule has 0 bridgehead atoms. The van der Waals surface area contributed by atoms with Crippen LogP contribution < -0.4 is 4.90 Å². The quantitative estimate of drug-likeness (QED) is 0.823. The molecule has 1 aromatic carbocycles. The Morgan fingerprint density at radius 1 is 0.889 bits per heavy atom. The van der Waals surface area contributed by atoms with Gasteiger partial charge in [0, 0.05) is 31.2 Å². The molecule has 3 heterocycles. The number of carbonyl (C=O) groups excluding carboxylic acids is 2. The van der Waals surface area contributed by atoms with Gasteiger partial charge < -0.3 is 9.80 Å². The highest BCUT2D eigenvalue weighted by Gasteiger charge is 2.31. The summed E-state index contributed by atoms with van der Waals surface area (Å²) in [5, 5.41) is 0. The lowest BCUT2D eigenvalue weighted by molar-refractivity contribution is -0.137. The maximum Gasteiger partial charge on any atom is 0.241 e. The molecule has 2 fully saturated rings. The van der Waals surface area contributed by atoms with Crippen LogP contribution in [0.25, 0.3) is 0 Å². The Morgan fingerprint density at radius 2 is 1.59 bits per heavy atom. The molecule has 0 spiro atoms. The maximum atomic E-state index is 12.8. The van der Waals surface area contributed by atoms with Gasteiger partial charge in [0.05, 0.1) is 6.54 Å². The summed E-state index contributed by atoms with van der Waals surface area (Å²) in [6.45, 7) is 4.84. The molecule has 5 nitrogen and oxygen atoms in total. The van der Waals surface area contributed by atoms with Crippen molar-refractivity contribution >= 4 is 17.5 Å². The monoisotopic (exact) mass is 369 g/mol. The van der Waals surface area contributed by atoms with Crippen molar-refractivity contribution in [2.75, 3.05) is 44.2 Å². The number of nitrogens with zero attached hydrogens (tertiary/aromatic N) is 3. The van der Waals surface area contributed by atoms with Crippen LogP contribution in [0.3, 0.4) is 0 Å². The molecule has 3 aliphatic heterocycles. The lowest BCUT2D eigenvalue weighted by Crippen LogP contribution is -2.46. The Kier molecular flexibility index (Phi) is 5.77. The van der Waals surface area contributed by atoms with Crippen LogP contribution >= 0.6 is 0 Å². The minimum Gasteiger partial charge on any atom is -0.342 e. The number of carbonyl (C=O) groups is 2. The number of likely N-dealkylation sites (tertiary alicyclic amines) is 2. The van der Waals surface area contributed by atoms with Gasteiger partial charge in [-0.2, -0.15) is 0 Å². The number of rotatable bonds is 3. The zero-order valence-corrected chi connectivity index (χ0v) is 16.2. The fourth-order valence-corrected chi connectivity index (χ4v) is 4.76. The van der Waals surface area contributed by atoms with Crippen LogP contribution in [0.15, 0.2) is 24.3 Å². The number of amides is 2. The molecule has 0 aromatic heterocycles. The van der Waals surface area contributed by atoms with E-state index >= 15 is 0 Å². The summed E-state index contributed by atoms with van der Waals surface area (Å²) in [5.41, 5.74) is 2.35. The molecule has 146 valence electrons. The molecule has 2 amide bonds. The second kappa shape index (κ2) is 8.42. The fraction of sp³-hybridized carbons (Fsp3) is 0.636. The number of piperidine rings is 1. The third kappa shape index (κ3) is 4.18. The smallest absolute Gasteiger partial charge is 0.241 e. The molecule has 0 aliphatic carbocycles. The summed E-state index contributed by atoms with van der Waals surface area (Å²) in [7, 11) is 0. The van der Waals surface area contributed by atoms with Crippen molar-refractivity contribution in [2.45, 2.75) is 44.9 Å². The van der Waals surface area contributed by atoms with Crippen LogP contribution in [0.1, 0.15) is 44.1 Å². The standard InChI is InChI=1S/C22H31N3O2/c26-21(25-16-11-18-7-3-4-8-20(18)25)17-23-14-9-19(10-15-23)22(27)24-12-5-1-2-6-13-24/h3-4,7-8,19H,1-2,5-6,9-17H2. The first-order valence-corrected chi connectivity index (χ1v) is 10.6. The maximum absolute atomic E-state index is 12.8. The van der Waals surface area contributed by atoms with Crippen LogP contribution in [0.2, 0.25) is 0 Å². The summed E-state index contributed by atoms with van der Waals surface area (Å²) in [6.07, 6.45) is 7.54. The van der Waals surface area contributed by atoms with Gasteiger partial charge in [-0.3, -0.25) is 14.5 Å². The van der Waals surface area contributed by atoms with E-state index in [0.29, 0.717) is 12.5 Å². The number of fused-ring (bicyclic) bond motifs is 1. The van der Waals surface area contributed by atoms with Crippen molar-refractivity contribution in [3.63, 3.8) is 0 Å². The first-order valence-electron chi connectivity index (χ1n) is 10.6. The Labute approximate surface area is 162 Å². The van der Waals surface area contributed by atoms with Crippen LogP contribution in [-0.2, 0) is 16.0 Å². The molecule has 0 atom stereocenters. The van der Waals surface area contributed by atoms with Gasteiger partial charge in [-0.15, -0.1) is 0 Å². The van der Waals surface area contributed by atoms with Gasteiger partial charge in [-0.25, -0.2) is 0 Å². The third-order valence-electron chi connectivity index (χ3n) is 6.40. The van der Waals surface area contributed by atoms with E-state index in [1.165, 1.54) is 18.4 Å². The molecule has 1 aromatic rings. The largest absolute Gasteiger partial charge is 0.342 e. The SMILES string of the molecule is O=C(C1CCN(CC(=O)N2CCc3ccccc32)CC1)N1CCCCCC1. The number of anilines is 1. The lowest BCUT2D eigenvalue weighted by Gasteiger charge is -2.34. The van der Waals surface area contributed by atoms with E-state index < -0.39 is 0 Å². The minimum atomic E-state index is 0.155. The van der Waals surface area contributed by atoms with Crippen LogP contribution in [0, 0.1) is 5.92 Å². The molecule has 4 rings (SSSR count). The van der Waals surface area contributed by atoms with Gasteiger partial charge in [0.1, 0.15) is 0 Å². The topological polar surface area (TPSA) is 43.9 Å². The van der Waals surface area contributed by atoms with Gasteiger partial charge in [-0.05, 0) is 56.8 Å². The van der Waals surface area contributed by atoms with E-state index in [9.17, 15) is 9.59 Å². The highest BCUT2D eigenvalue weighted by atomic mass is 16.2. The Morgan fingerprint density at radius 3 is 2.33 bits per heavy atom. The molecule has 0 radical (unpaired) electrons. The zero-order chi connectivity index (χ0) is 18.6. The molecule has 3 aliphatic rings. The van der Waals surface area contributed by atoms with Crippen molar-refractivity contribution < 1.29 is 9.59 Å². The number of hydrogen-bond acceptors (Lipinski definition) is 3. The fourth-order valence-electron chi connectivity index (χ4n) is 4.76. The van der Waals surface area contributed by atoms with Gasteiger partial charge >= 0.3 is 0 Å².